The number of hydrogen-bond acceptors (Lipinski definition) is 18. The fourth-order valence-electron chi connectivity index (χ4n) is 12.6. The molecule has 0 heterocycles. The van der Waals surface area contributed by atoms with Crippen LogP contribution in [0.15, 0.2) is 12.2 Å². The van der Waals surface area contributed by atoms with Crippen LogP contribution in [0.25, 0.3) is 0 Å². The first-order valence-electron chi connectivity index (χ1n) is 36.6. The summed E-state index contributed by atoms with van der Waals surface area (Å²) in [4.78, 5) is 194. The summed E-state index contributed by atoms with van der Waals surface area (Å²) in [6, 6.07) is -9.00. The van der Waals surface area contributed by atoms with E-state index >= 15 is 14.4 Å². The molecule has 3 N–H and O–H groups in total. The van der Waals surface area contributed by atoms with Gasteiger partial charge in [0.05, 0.1) is 43.5 Å². The molecule has 0 fully saturated rings. The Balaban J connectivity index is 7.21. The van der Waals surface area contributed by atoms with Gasteiger partial charge in [-0.25, -0.2) is 4.79 Å². The molecule has 102 heavy (non-hydrogen) atoms. The number of ketones is 3. The van der Waals surface area contributed by atoms with E-state index in [1.165, 1.54) is 85.5 Å². The number of nitrogens with zero attached hydrogens (tertiary/aromatic N) is 7. The Labute approximate surface area is 611 Å². The molecule has 0 saturated carbocycles. The summed E-state index contributed by atoms with van der Waals surface area (Å²) in [5, 5.41) is 15.9. The summed E-state index contributed by atoms with van der Waals surface area (Å²) in [6.45, 7) is 35.8. The summed E-state index contributed by atoms with van der Waals surface area (Å²) >= 11 is 0. The fourth-order valence-corrected chi connectivity index (χ4v) is 12.6. The van der Waals surface area contributed by atoms with Crippen LogP contribution in [0, 0.1) is 59.2 Å². The van der Waals surface area contributed by atoms with Gasteiger partial charge in [-0.05, 0) is 102 Å². The molecule has 0 aromatic rings. The summed E-state index contributed by atoms with van der Waals surface area (Å²) < 4.78 is 17.1. The highest BCUT2D eigenvalue weighted by Gasteiger charge is 2.47. The van der Waals surface area contributed by atoms with E-state index in [2.05, 4.69) is 10.6 Å². The van der Waals surface area contributed by atoms with E-state index in [1.807, 2.05) is 61.5 Å². The zero-order chi connectivity index (χ0) is 79.5. The van der Waals surface area contributed by atoms with Crippen LogP contribution < -0.4 is 10.6 Å². The molecular formula is C76H135N9O17. The molecule has 0 unspecified atom stereocenters. The van der Waals surface area contributed by atoms with Crippen molar-refractivity contribution in [3.05, 3.63) is 12.2 Å². The number of hydrogen-bond donors (Lipinski definition) is 3. The number of Topliss-reactive ketones (excluding diaryl/α,β-unsaturated/α-hetero) is 3. The third kappa shape index (κ3) is 30.2. The Kier molecular flexibility index (Phi) is 41.9. The second-order valence-corrected chi connectivity index (χ2v) is 31.1. The lowest BCUT2D eigenvalue weighted by Crippen LogP contribution is -2.63. The number of carbonyl (C=O) groups is 13. The van der Waals surface area contributed by atoms with Crippen molar-refractivity contribution in [2.24, 2.45) is 59.2 Å². The van der Waals surface area contributed by atoms with Crippen molar-refractivity contribution >= 4 is 76.5 Å². The van der Waals surface area contributed by atoms with Gasteiger partial charge in [-0.15, -0.1) is 0 Å². The van der Waals surface area contributed by atoms with E-state index in [-0.39, 0.29) is 118 Å². The highest BCUT2D eigenvalue weighted by molar-refractivity contribution is 5.99. The topological polar surface area (TPSA) is 317 Å². The van der Waals surface area contributed by atoms with Crippen LogP contribution in [-0.2, 0) is 76.5 Å². The molecule has 14 atom stereocenters. The molecule has 0 saturated heterocycles. The second-order valence-electron chi connectivity index (χ2n) is 31.1. The number of ether oxygens (including phenoxy) is 3. The molecule has 26 nitrogen and oxygen atoms in total. The largest absolute Gasteiger partial charge is 0.462 e. The van der Waals surface area contributed by atoms with Crippen LogP contribution in [0.3, 0.4) is 0 Å². The number of carbonyl (C=O) groups excluding carboxylic acids is 13. The first kappa shape index (κ1) is 95.3. The number of esters is 2. The van der Waals surface area contributed by atoms with Gasteiger partial charge in [-0.1, -0.05) is 116 Å². The molecule has 0 bridgehead atoms. The molecule has 26 heteroatoms. The van der Waals surface area contributed by atoms with E-state index in [4.69, 9.17) is 14.2 Å². The van der Waals surface area contributed by atoms with Crippen LogP contribution in [0.5, 0.6) is 0 Å². The summed E-state index contributed by atoms with van der Waals surface area (Å²) in [7, 11) is 12.0. The standard InChI is InChI=1S/C76H135N9O17/c1-30-32-33-49(13)67(102-55(19)87)66(68(91)78-57(31-2)75(98)101-35-34-79(23)54(18)86)85(29)74(97)64(48(11)12)83(27)73(96)60(38-46(7)8)82(26)72(95)59(37-45(5)6)81(25)69(92)51(15)40-61(88)50(14)39-62(89)58(36-44(3)4)80(24)71(94)56(47(9)10)41-63(90)65(84(28)70(93)53(17)77-22)52(16)42-100-43-76(20,21)99/h30,32,44-53,56-60,64-67,77,99H,31,33-43H2,1-29H3,(H,78,91)/b32-30+/t49-,50-,51+,52-,53-,56+,57+,58+,59+,60+,64+,65+,66+,67-/m1/s1. The van der Waals surface area contributed by atoms with Gasteiger partial charge in [0.2, 0.25) is 47.3 Å². The van der Waals surface area contributed by atoms with Crippen molar-refractivity contribution in [3.8, 4) is 0 Å². The van der Waals surface area contributed by atoms with Gasteiger partial charge >= 0.3 is 11.9 Å². The van der Waals surface area contributed by atoms with Crippen LogP contribution >= 0.6 is 0 Å². The molecule has 0 aliphatic heterocycles. The van der Waals surface area contributed by atoms with Crippen molar-refractivity contribution < 1.29 is 81.6 Å². The van der Waals surface area contributed by atoms with Gasteiger partial charge in [-0.3, -0.25) is 57.5 Å². The first-order valence-corrected chi connectivity index (χ1v) is 36.6. The first-order chi connectivity index (χ1) is 47.0. The molecular weight excluding hydrogens is 1310 g/mol. The SMILES string of the molecule is C/C=C/C[C@@H](C)[C@@H](OC(C)=O)[C@@H](C(=O)N[C@@H](CC)C(=O)OCCN(C)C(C)=O)N(C)C(=O)[C@H](C(C)C)N(C)C(=O)[C@H](CC(C)C)N(C)C(=O)[C@H](CC(C)C)N(C)C(=O)[C@@H](C)CC(=O)[C@H](C)CC(=O)[C@H](CC(C)C)N(C)C(=O)[C@@H](CC(=O)[C@H]([C@H](C)COCC(C)(C)O)N(C)C(=O)[C@@H](C)NC)C(C)C. The monoisotopic (exact) mass is 1450 g/mol. The van der Waals surface area contributed by atoms with Crippen LogP contribution in [0.1, 0.15) is 197 Å². The molecule has 8 amide bonds. The van der Waals surface area contributed by atoms with E-state index in [1.54, 1.807) is 96.3 Å². The maximum atomic E-state index is 15.3. The van der Waals surface area contributed by atoms with Crippen LogP contribution in [0.4, 0.5) is 0 Å². The average Bonchev–Trinajstić information content (AvgIpc) is 0.797. The summed E-state index contributed by atoms with van der Waals surface area (Å²) in [5.41, 5.74) is -1.14. The van der Waals surface area contributed by atoms with Crippen LogP contribution in [-0.4, -0.2) is 259 Å². The lowest BCUT2D eigenvalue weighted by Gasteiger charge is -2.42. The van der Waals surface area contributed by atoms with Crippen molar-refractivity contribution in [3.63, 3.8) is 0 Å². The minimum absolute atomic E-state index is 0.0169. The lowest BCUT2D eigenvalue weighted by molar-refractivity contribution is -0.164. The smallest absolute Gasteiger partial charge is 0.328 e. The Hall–Kier alpha value is -6.67. The molecule has 0 spiro atoms. The molecule has 0 radical (unpaired) electrons. The predicted octanol–water partition coefficient (Wildman–Crippen LogP) is 6.65. The van der Waals surface area contributed by atoms with E-state index in [0.717, 1.165) is 4.90 Å². The van der Waals surface area contributed by atoms with Crippen LogP contribution in [0.2, 0.25) is 0 Å². The Morgan fingerprint density at radius 3 is 1.45 bits per heavy atom. The number of allylic oxidation sites excluding steroid dienone is 2. The zero-order valence-corrected chi connectivity index (χ0v) is 67.7. The molecule has 586 valence electrons. The highest BCUT2D eigenvalue weighted by atomic mass is 16.5. The highest BCUT2D eigenvalue weighted by Crippen LogP contribution is 2.30. The van der Waals surface area contributed by atoms with Gasteiger partial charge < -0.3 is 64.3 Å². The van der Waals surface area contributed by atoms with Crippen molar-refractivity contribution in [2.45, 2.75) is 257 Å². The Morgan fingerprint density at radius 2 is 1.00 bits per heavy atom. The van der Waals surface area contributed by atoms with Gasteiger partial charge in [-0.2, -0.15) is 0 Å². The fraction of sp³-hybridized carbons (Fsp3) is 0.803. The van der Waals surface area contributed by atoms with Crippen molar-refractivity contribution in [2.75, 3.05) is 82.7 Å². The molecule has 0 aromatic carbocycles. The zero-order valence-electron chi connectivity index (χ0n) is 67.7. The quantitative estimate of drug-likeness (QED) is 0.0424. The molecule has 0 aliphatic carbocycles. The van der Waals surface area contributed by atoms with Crippen molar-refractivity contribution in [1.29, 1.82) is 0 Å². The summed E-state index contributed by atoms with van der Waals surface area (Å²) in [5.74, 6) is -12.4. The summed E-state index contributed by atoms with van der Waals surface area (Å²) in [6.07, 6.45) is 2.42. The third-order valence-corrected chi connectivity index (χ3v) is 19.1. The maximum absolute atomic E-state index is 15.3. The maximum Gasteiger partial charge on any atom is 0.328 e. The van der Waals surface area contributed by atoms with E-state index in [0.29, 0.717) is 6.42 Å². The number of rotatable bonds is 47. The number of nitrogens with one attached hydrogen (secondary N) is 2. The van der Waals surface area contributed by atoms with E-state index < -0.39 is 149 Å². The Bertz CT molecular complexity index is 2800. The van der Waals surface area contributed by atoms with Gasteiger partial charge in [0.25, 0.3) is 0 Å². The number of amides is 8. The van der Waals surface area contributed by atoms with Gasteiger partial charge in [0.1, 0.15) is 48.7 Å². The van der Waals surface area contributed by atoms with Gasteiger partial charge in [0.15, 0.2) is 11.6 Å². The average molecular weight is 1450 g/mol. The molecule has 0 aromatic heterocycles. The second kappa shape index (κ2) is 44.9. The Morgan fingerprint density at radius 1 is 0.529 bits per heavy atom. The minimum Gasteiger partial charge on any atom is -0.462 e. The number of aliphatic hydroxyl groups is 1. The predicted molar refractivity (Wildman–Crippen MR) is 394 cm³/mol. The van der Waals surface area contributed by atoms with E-state index in [9.17, 15) is 53.1 Å². The van der Waals surface area contributed by atoms with Gasteiger partial charge in [0, 0.05) is 106 Å². The third-order valence-electron chi connectivity index (χ3n) is 19.1. The molecule has 0 aliphatic rings. The van der Waals surface area contributed by atoms with Crippen molar-refractivity contribution in [1.82, 2.24) is 44.9 Å². The lowest BCUT2D eigenvalue weighted by atomic mass is 9.83. The normalized spacial score (nSPS) is 16.1. The molecule has 0 rings (SSSR count). The minimum atomic E-state index is -1.56. The number of likely N-dealkylation sites (N-methyl/N-ethyl adjacent to an activating group) is 8.